The van der Waals surface area contributed by atoms with Crippen LogP contribution in [0.5, 0.6) is 0 Å². The van der Waals surface area contributed by atoms with Crippen molar-refractivity contribution >= 4 is 11.6 Å². The summed E-state index contributed by atoms with van der Waals surface area (Å²) in [6.07, 6.45) is 5.33. The number of carbonyl (C=O) groups is 1. The van der Waals surface area contributed by atoms with Crippen LogP contribution in [0, 0.1) is 0 Å². The number of hydrazone groups is 1. The third-order valence-electron chi connectivity index (χ3n) is 2.61. The molecule has 0 atom stereocenters. The molecule has 66 valence electrons. The number of hydrogen-bond donors (Lipinski definition) is 0. The van der Waals surface area contributed by atoms with Crippen LogP contribution < -0.4 is 0 Å². The smallest absolute Gasteiger partial charge is 0.248 e. The number of amides is 1. The predicted molar refractivity (Wildman–Crippen MR) is 46.8 cm³/mol. The summed E-state index contributed by atoms with van der Waals surface area (Å²) in [5, 5.41) is 5.96. The van der Waals surface area contributed by atoms with Crippen molar-refractivity contribution in [2.45, 2.75) is 45.1 Å². The van der Waals surface area contributed by atoms with Gasteiger partial charge in [-0.1, -0.05) is 12.8 Å². The van der Waals surface area contributed by atoms with Crippen molar-refractivity contribution in [3.63, 3.8) is 0 Å². The lowest BCUT2D eigenvalue weighted by molar-refractivity contribution is -0.130. The molecule has 0 aromatic carbocycles. The van der Waals surface area contributed by atoms with Gasteiger partial charge in [0, 0.05) is 5.71 Å². The van der Waals surface area contributed by atoms with Crippen molar-refractivity contribution in [3.8, 4) is 0 Å². The largest absolute Gasteiger partial charge is 0.273 e. The van der Waals surface area contributed by atoms with Crippen molar-refractivity contribution in [2.75, 3.05) is 0 Å². The molecule has 1 heterocycles. The zero-order valence-electron chi connectivity index (χ0n) is 7.42. The highest BCUT2D eigenvalue weighted by atomic mass is 16.2. The Morgan fingerprint density at radius 1 is 1.42 bits per heavy atom. The third-order valence-corrected chi connectivity index (χ3v) is 2.61. The summed E-state index contributed by atoms with van der Waals surface area (Å²) in [6, 6.07) is 0.412. The number of nitrogens with zero attached hydrogens (tertiary/aromatic N) is 2. The quantitative estimate of drug-likeness (QED) is 0.581. The first kappa shape index (κ1) is 7.77. The molecule has 1 saturated carbocycles. The first-order valence-electron chi connectivity index (χ1n) is 4.63. The van der Waals surface area contributed by atoms with Crippen LogP contribution in [-0.4, -0.2) is 22.7 Å². The summed E-state index contributed by atoms with van der Waals surface area (Å²) in [6.45, 7) is 1.92. The lowest BCUT2D eigenvalue weighted by Crippen LogP contribution is -2.30. The molecular weight excluding hydrogens is 152 g/mol. The van der Waals surface area contributed by atoms with E-state index in [1.807, 2.05) is 6.92 Å². The van der Waals surface area contributed by atoms with Crippen LogP contribution in [0.1, 0.15) is 39.0 Å². The Balaban J connectivity index is 2.07. The normalized spacial score (nSPS) is 25.2. The Morgan fingerprint density at radius 3 is 2.58 bits per heavy atom. The summed E-state index contributed by atoms with van der Waals surface area (Å²) in [7, 11) is 0. The van der Waals surface area contributed by atoms with Crippen molar-refractivity contribution in [1.29, 1.82) is 0 Å². The minimum absolute atomic E-state index is 0.194. The molecule has 0 aromatic heterocycles. The summed E-state index contributed by atoms with van der Waals surface area (Å²) in [5.41, 5.74) is 0.965. The molecule has 1 fully saturated rings. The van der Waals surface area contributed by atoms with Gasteiger partial charge in [0.05, 0.1) is 12.5 Å². The van der Waals surface area contributed by atoms with Gasteiger partial charge in [-0.3, -0.25) is 4.79 Å². The minimum Gasteiger partial charge on any atom is -0.273 e. The number of carbonyl (C=O) groups excluding carboxylic acids is 1. The Labute approximate surface area is 72.4 Å². The van der Waals surface area contributed by atoms with Gasteiger partial charge in [0.25, 0.3) is 0 Å². The van der Waals surface area contributed by atoms with E-state index in [9.17, 15) is 4.79 Å². The van der Waals surface area contributed by atoms with Gasteiger partial charge in [0.15, 0.2) is 0 Å². The molecule has 0 saturated heterocycles. The van der Waals surface area contributed by atoms with Crippen molar-refractivity contribution in [2.24, 2.45) is 5.10 Å². The molecule has 2 rings (SSSR count). The van der Waals surface area contributed by atoms with Gasteiger partial charge in [-0.2, -0.15) is 5.10 Å². The van der Waals surface area contributed by atoms with E-state index in [4.69, 9.17) is 0 Å². The highest BCUT2D eigenvalue weighted by Crippen LogP contribution is 2.26. The second-order valence-electron chi connectivity index (χ2n) is 3.69. The molecule has 0 radical (unpaired) electrons. The van der Waals surface area contributed by atoms with Gasteiger partial charge in [0.2, 0.25) is 5.91 Å². The second kappa shape index (κ2) is 2.88. The molecule has 12 heavy (non-hydrogen) atoms. The van der Waals surface area contributed by atoms with Crippen LogP contribution in [0.3, 0.4) is 0 Å². The Bertz CT molecular complexity index is 229. The average Bonchev–Trinajstić information content (AvgIpc) is 2.58. The van der Waals surface area contributed by atoms with E-state index in [1.165, 1.54) is 12.8 Å². The Hall–Kier alpha value is -0.860. The fraction of sp³-hybridized carbons (Fsp3) is 0.778. The summed E-state index contributed by atoms with van der Waals surface area (Å²) >= 11 is 0. The molecule has 1 aliphatic heterocycles. The van der Waals surface area contributed by atoms with Gasteiger partial charge in [0.1, 0.15) is 0 Å². The van der Waals surface area contributed by atoms with E-state index in [2.05, 4.69) is 5.10 Å². The lowest BCUT2D eigenvalue weighted by atomic mass is 10.2. The van der Waals surface area contributed by atoms with Crippen molar-refractivity contribution in [3.05, 3.63) is 0 Å². The van der Waals surface area contributed by atoms with Crippen LogP contribution in [0.4, 0.5) is 0 Å². The third kappa shape index (κ3) is 1.24. The molecule has 0 N–H and O–H groups in total. The van der Waals surface area contributed by atoms with E-state index in [-0.39, 0.29) is 5.91 Å². The van der Waals surface area contributed by atoms with Crippen molar-refractivity contribution in [1.82, 2.24) is 5.01 Å². The second-order valence-corrected chi connectivity index (χ2v) is 3.69. The van der Waals surface area contributed by atoms with Crippen molar-refractivity contribution < 1.29 is 4.79 Å². The Kier molecular flexibility index (Phi) is 1.87. The molecule has 3 nitrogen and oxygen atoms in total. The first-order valence-corrected chi connectivity index (χ1v) is 4.63. The zero-order valence-corrected chi connectivity index (χ0v) is 7.42. The lowest BCUT2D eigenvalue weighted by Gasteiger charge is -2.18. The summed E-state index contributed by atoms with van der Waals surface area (Å²) < 4.78 is 0. The van der Waals surface area contributed by atoms with Gasteiger partial charge in [-0.15, -0.1) is 0 Å². The molecular formula is C9H14N2O. The maximum Gasteiger partial charge on any atom is 0.248 e. The molecule has 1 aliphatic carbocycles. The van der Waals surface area contributed by atoms with Crippen LogP contribution in [0.15, 0.2) is 5.10 Å². The molecule has 1 amide bonds. The Morgan fingerprint density at radius 2 is 2.08 bits per heavy atom. The van der Waals surface area contributed by atoms with E-state index >= 15 is 0 Å². The van der Waals surface area contributed by atoms with Crippen LogP contribution in [0.25, 0.3) is 0 Å². The van der Waals surface area contributed by atoms with E-state index in [0.29, 0.717) is 12.5 Å². The predicted octanol–water partition coefficient (Wildman–Crippen LogP) is 1.54. The standard InChI is InChI=1S/C9H14N2O/c1-7-6-9(12)11(10-7)8-4-2-3-5-8/h8H,2-6H2,1H3. The molecule has 0 spiro atoms. The van der Waals surface area contributed by atoms with Gasteiger partial charge in [-0.05, 0) is 19.8 Å². The highest BCUT2D eigenvalue weighted by Gasteiger charge is 2.30. The van der Waals surface area contributed by atoms with Crippen LogP contribution in [-0.2, 0) is 4.79 Å². The maximum atomic E-state index is 11.4. The fourth-order valence-electron chi connectivity index (χ4n) is 2.01. The van der Waals surface area contributed by atoms with E-state index < -0.39 is 0 Å². The average molecular weight is 166 g/mol. The van der Waals surface area contributed by atoms with Gasteiger partial charge >= 0.3 is 0 Å². The van der Waals surface area contributed by atoms with Gasteiger partial charge in [-0.25, -0.2) is 5.01 Å². The molecule has 0 bridgehead atoms. The minimum atomic E-state index is 0.194. The van der Waals surface area contributed by atoms with E-state index in [0.717, 1.165) is 18.6 Å². The van der Waals surface area contributed by atoms with E-state index in [1.54, 1.807) is 5.01 Å². The molecule has 3 heteroatoms. The molecule has 0 aromatic rings. The number of rotatable bonds is 1. The van der Waals surface area contributed by atoms with Crippen LogP contribution in [0.2, 0.25) is 0 Å². The van der Waals surface area contributed by atoms with Gasteiger partial charge < -0.3 is 0 Å². The molecule has 2 aliphatic rings. The SMILES string of the molecule is CC1=NN(C2CCCC2)C(=O)C1. The number of hydrogen-bond acceptors (Lipinski definition) is 2. The maximum absolute atomic E-state index is 11.4. The molecule has 0 unspecified atom stereocenters. The summed E-state index contributed by atoms with van der Waals surface area (Å²) in [4.78, 5) is 11.4. The fourth-order valence-corrected chi connectivity index (χ4v) is 2.01. The monoisotopic (exact) mass is 166 g/mol. The summed E-state index contributed by atoms with van der Waals surface area (Å²) in [5.74, 6) is 0.194. The van der Waals surface area contributed by atoms with Crippen LogP contribution >= 0.6 is 0 Å². The highest BCUT2D eigenvalue weighted by molar-refractivity contribution is 6.03. The zero-order chi connectivity index (χ0) is 8.55. The first-order chi connectivity index (χ1) is 5.77. The topological polar surface area (TPSA) is 32.7 Å².